The largest absolute Gasteiger partial charge is 0.361 e. The van der Waals surface area contributed by atoms with Gasteiger partial charge in [0.05, 0.1) is 23.8 Å². The van der Waals surface area contributed by atoms with Crippen LogP contribution < -0.4 is 5.32 Å². The number of rotatable bonds is 6. The van der Waals surface area contributed by atoms with Crippen molar-refractivity contribution < 1.29 is 9.32 Å². The van der Waals surface area contributed by atoms with Crippen LogP contribution in [0.1, 0.15) is 58.8 Å². The number of aryl methyl sites for hydroxylation is 3. The van der Waals surface area contributed by atoms with Crippen molar-refractivity contribution in [2.75, 3.05) is 7.05 Å². The lowest BCUT2D eigenvalue weighted by Crippen LogP contribution is -2.36. The van der Waals surface area contributed by atoms with Gasteiger partial charge in [-0.1, -0.05) is 12.1 Å². The Hall–Kier alpha value is -1.89. The van der Waals surface area contributed by atoms with E-state index in [1.165, 1.54) is 12.0 Å². The number of hydrogen-bond donors (Lipinski definition) is 1. The zero-order valence-corrected chi connectivity index (χ0v) is 16.0. The third kappa shape index (κ3) is 4.21. The predicted octanol–water partition coefficient (Wildman–Crippen LogP) is 3.61. The number of aromatic nitrogens is 2. The predicted molar refractivity (Wildman–Crippen MR) is 97.7 cm³/mol. The fourth-order valence-corrected chi connectivity index (χ4v) is 4.24. The molecule has 136 valence electrons. The van der Waals surface area contributed by atoms with Crippen molar-refractivity contribution >= 4 is 17.4 Å². The van der Waals surface area contributed by atoms with Gasteiger partial charge in [0.25, 0.3) is 0 Å². The fraction of sp³-hybridized carbons (Fsp3) is 0.611. The maximum absolute atomic E-state index is 12.4. The average Bonchev–Trinajstić information content (AvgIpc) is 3.17. The highest BCUT2D eigenvalue weighted by molar-refractivity contribution is 7.11. The average molecular weight is 362 g/mol. The van der Waals surface area contributed by atoms with Crippen molar-refractivity contribution in [2.24, 2.45) is 0 Å². The van der Waals surface area contributed by atoms with Gasteiger partial charge in [-0.3, -0.25) is 0 Å². The van der Waals surface area contributed by atoms with Gasteiger partial charge in [-0.05, 0) is 39.0 Å². The maximum atomic E-state index is 12.4. The Kier molecular flexibility index (Phi) is 5.73. The third-order valence-corrected chi connectivity index (χ3v) is 5.78. The molecule has 2 amide bonds. The molecule has 0 aliphatic heterocycles. The van der Waals surface area contributed by atoms with Gasteiger partial charge in [-0.25, -0.2) is 9.78 Å². The molecule has 0 atom stereocenters. The van der Waals surface area contributed by atoms with Gasteiger partial charge in [0.2, 0.25) is 0 Å². The number of thiazole rings is 1. The molecular weight excluding hydrogens is 336 g/mol. The highest BCUT2D eigenvalue weighted by Crippen LogP contribution is 2.25. The molecule has 1 aliphatic rings. The SMILES string of the molecule is CCCc1nc(C)c(CNC(=O)N(C)Cc2noc3c2CCCC3)s1. The lowest BCUT2D eigenvalue weighted by molar-refractivity contribution is 0.205. The summed E-state index contributed by atoms with van der Waals surface area (Å²) in [5.41, 5.74) is 3.11. The Balaban J connectivity index is 1.55. The summed E-state index contributed by atoms with van der Waals surface area (Å²) in [6.07, 6.45) is 6.38. The van der Waals surface area contributed by atoms with E-state index in [1.807, 2.05) is 6.92 Å². The first-order chi connectivity index (χ1) is 12.1. The molecule has 6 nitrogen and oxygen atoms in total. The molecule has 0 spiro atoms. The molecular formula is C18H26N4O2S. The Labute approximate surface area is 152 Å². The van der Waals surface area contributed by atoms with Gasteiger partial charge < -0.3 is 14.7 Å². The van der Waals surface area contributed by atoms with Gasteiger partial charge in [0.15, 0.2) is 0 Å². The second-order valence-electron chi connectivity index (χ2n) is 6.62. The van der Waals surface area contributed by atoms with E-state index in [1.54, 1.807) is 23.3 Å². The molecule has 7 heteroatoms. The standard InChI is InChI=1S/C18H26N4O2S/c1-4-7-17-20-12(2)16(25-17)10-19-18(23)22(3)11-14-13-8-5-6-9-15(13)24-21-14/h4-11H2,1-3H3,(H,19,23). The fourth-order valence-electron chi connectivity index (χ4n) is 3.13. The van der Waals surface area contributed by atoms with Crippen LogP contribution in [0, 0.1) is 6.92 Å². The minimum Gasteiger partial charge on any atom is -0.361 e. The second kappa shape index (κ2) is 7.99. The molecule has 0 saturated heterocycles. The van der Waals surface area contributed by atoms with Crippen LogP contribution in [-0.2, 0) is 32.4 Å². The van der Waals surface area contributed by atoms with Gasteiger partial charge >= 0.3 is 6.03 Å². The van der Waals surface area contributed by atoms with Crippen LogP contribution in [0.2, 0.25) is 0 Å². The Morgan fingerprint density at radius 3 is 2.96 bits per heavy atom. The van der Waals surface area contributed by atoms with Crippen LogP contribution in [0.25, 0.3) is 0 Å². The number of carbonyl (C=O) groups is 1. The molecule has 0 radical (unpaired) electrons. The normalized spacial score (nSPS) is 13.6. The molecule has 0 saturated carbocycles. The van der Waals surface area contributed by atoms with E-state index in [2.05, 4.69) is 22.4 Å². The first-order valence-electron chi connectivity index (χ1n) is 8.99. The highest BCUT2D eigenvalue weighted by Gasteiger charge is 2.21. The number of hydrogen-bond acceptors (Lipinski definition) is 5. The van der Waals surface area contributed by atoms with Gasteiger partial charge in [-0.2, -0.15) is 0 Å². The van der Waals surface area contributed by atoms with E-state index >= 15 is 0 Å². The monoisotopic (exact) mass is 362 g/mol. The lowest BCUT2D eigenvalue weighted by atomic mass is 9.96. The second-order valence-corrected chi connectivity index (χ2v) is 7.79. The van der Waals surface area contributed by atoms with Crippen LogP contribution in [0.5, 0.6) is 0 Å². The molecule has 1 N–H and O–H groups in total. The van der Waals surface area contributed by atoms with Crippen molar-refractivity contribution in [3.8, 4) is 0 Å². The summed E-state index contributed by atoms with van der Waals surface area (Å²) in [5.74, 6) is 0.999. The molecule has 0 fully saturated rings. The summed E-state index contributed by atoms with van der Waals surface area (Å²) < 4.78 is 5.42. The molecule has 0 aromatic carbocycles. The molecule has 3 rings (SSSR count). The lowest BCUT2D eigenvalue weighted by Gasteiger charge is -2.18. The molecule has 0 bridgehead atoms. The van der Waals surface area contributed by atoms with Crippen LogP contribution >= 0.6 is 11.3 Å². The zero-order chi connectivity index (χ0) is 17.8. The topological polar surface area (TPSA) is 71.3 Å². The van der Waals surface area contributed by atoms with Crippen LogP contribution in [-0.4, -0.2) is 28.1 Å². The molecule has 1 aliphatic carbocycles. The third-order valence-electron chi connectivity index (χ3n) is 4.57. The minimum atomic E-state index is -0.0996. The molecule has 2 aromatic rings. The summed E-state index contributed by atoms with van der Waals surface area (Å²) in [6, 6.07) is -0.0996. The van der Waals surface area contributed by atoms with E-state index in [0.29, 0.717) is 13.1 Å². The summed E-state index contributed by atoms with van der Waals surface area (Å²) in [6.45, 7) is 5.15. The quantitative estimate of drug-likeness (QED) is 0.852. The molecule has 25 heavy (non-hydrogen) atoms. The summed E-state index contributed by atoms with van der Waals surface area (Å²) in [5, 5.41) is 8.30. The summed E-state index contributed by atoms with van der Waals surface area (Å²) in [4.78, 5) is 19.7. The molecule has 2 heterocycles. The Bertz CT molecular complexity index is 738. The summed E-state index contributed by atoms with van der Waals surface area (Å²) >= 11 is 1.69. The number of carbonyl (C=O) groups excluding carboxylic acids is 1. The molecule has 0 unspecified atom stereocenters. The van der Waals surface area contributed by atoms with Crippen molar-refractivity contribution in [3.05, 3.63) is 32.6 Å². The number of nitrogens with zero attached hydrogens (tertiary/aromatic N) is 3. The number of amides is 2. The smallest absolute Gasteiger partial charge is 0.317 e. The van der Waals surface area contributed by atoms with E-state index in [4.69, 9.17) is 4.52 Å². The van der Waals surface area contributed by atoms with Crippen LogP contribution in [0.15, 0.2) is 4.52 Å². The van der Waals surface area contributed by atoms with Crippen molar-refractivity contribution in [3.63, 3.8) is 0 Å². The highest BCUT2D eigenvalue weighted by atomic mass is 32.1. The first kappa shape index (κ1) is 17.9. The zero-order valence-electron chi connectivity index (χ0n) is 15.2. The summed E-state index contributed by atoms with van der Waals surface area (Å²) in [7, 11) is 1.79. The van der Waals surface area contributed by atoms with Crippen molar-refractivity contribution in [1.82, 2.24) is 20.4 Å². The molecule has 2 aromatic heterocycles. The van der Waals surface area contributed by atoms with E-state index in [-0.39, 0.29) is 6.03 Å². The van der Waals surface area contributed by atoms with Gasteiger partial charge in [-0.15, -0.1) is 11.3 Å². The van der Waals surface area contributed by atoms with E-state index in [0.717, 1.165) is 59.1 Å². The van der Waals surface area contributed by atoms with E-state index in [9.17, 15) is 4.79 Å². The van der Waals surface area contributed by atoms with Crippen LogP contribution in [0.3, 0.4) is 0 Å². The minimum absolute atomic E-state index is 0.0996. The van der Waals surface area contributed by atoms with Gasteiger partial charge in [0.1, 0.15) is 11.5 Å². The van der Waals surface area contributed by atoms with Crippen molar-refractivity contribution in [1.29, 1.82) is 0 Å². The Morgan fingerprint density at radius 2 is 2.16 bits per heavy atom. The van der Waals surface area contributed by atoms with Gasteiger partial charge in [0, 0.05) is 23.9 Å². The Morgan fingerprint density at radius 1 is 1.36 bits per heavy atom. The van der Waals surface area contributed by atoms with Crippen molar-refractivity contribution in [2.45, 2.75) is 65.5 Å². The van der Waals surface area contributed by atoms with E-state index < -0.39 is 0 Å². The number of urea groups is 1. The first-order valence-corrected chi connectivity index (χ1v) is 9.80. The van der Waals surface area contributed by atoms with Crippen LogP contribution in [0.4, 0.5) is 4.79 Å². The number of fused-ring (bicyclic) bond motifs is 1. The number of nitrogens with one attached hydrogen (secondary N) is 1. The maximum Gasteiger partial charge on any atom is 0.317 e.